The highest BCUT2D eigenvalue weighted by molar-refractivity contribution is 7.80. The molecule has 0 spiro atoms. The van der Waals surface area contributed by atoms with E-state index in [9.17, 15) is 4.79 Å². The van der Waals surface area contributed by atoms with Gasteiger partial charge >= 0.3 is 0 Å². The molecule has 6 heteroatoms. The van der Waals surface area contributed by atoms with Gasteiger partial charge in [0.2, 0.25) is 5.91 Å². The number of amides is 1. The van der Waals surface area contributed by atoms with E-state index in [-0.39, 0.29) is 11.0 Å². The quantitative estimate of drug-likeness (QED) is 0.616. The summed E-state index contributed by atoms with van der Waals surface area (Å²) in [5, 5.41) is 5.88. The third-order valence-corrected chi connectivity index (χ3v) is 3.61. The first kappa shape index (κ1) is 18.5. The smallest absolute Gasteiger partial charge is 0.250 e. The zero-order valence-corrected chi connectivity index (χ0v) is 14.9. The fourth-order valence-corrected chi connectivity index (χ4v) is 2.28. The summed E-state index contributed by atoms with van der Waals surface area (Å²) in [7, 11) is 3.14. The minimum Gasteiger partial charge on any atom is -0.493 e. The molecule has 0 atom stereocenters. The summed E-state index contributed by atoms with van der Waals surface area (Å²) in [5.74, 6) is 0.931. The van der Waals surface area contributed by atoms with Crippen LogP contribution < -0.4 is 20.1 Å². The van der Waals surface area contributed by atoms with E-state index in [1.54, 1.807) is 32.4 Å². The van der Waals surface area contributed by atoms with Crippen molar-refractivity contribution in [3.8, 4) is 11.5 Å². The monoisotopic (exact) mass is 356 g/mol. The molecule has 0 aliphatic rings. The molecule has 130 valence electrons. The van der Waals surface area contributed by atoms with Gasteiger partial charge in [0.25, 0.3) is 0 Å². The van der Waals surface area contributed by atoms with Gasteiger partial charge in [0, 0.05) is 12.6 Å². The standard InChI is InChI=1S/C19H20N2O3S/c1-23-16-10-8-14(12-17(16)24-2)9-11-18(22)21-19(25)20-13-15-6-4-3-5-7-15/h3-12H,13H2,1-2H3,(H2,20,21,22,25). The van der Waals surface area contributed by atoms with Gasteiger partial charge in [-0.3, -0.25) is 10.1 Å². The van der Waals surface area contributed by atoms with Gasteiger partial charge in [0.15, 0.2) is 16.6 Å². The predicted molar refractivity (Wildman–Crippen MR) is 103 cm³/mol. The number of benzene rings is 2. The number of carbonyl (C=O) groups excluding carboxylic acids is 1. The van der Waals surface area contributed by atoms with E-state index in [2.05, 4.69) is 10.6 Å². The molecule has 2 aromatic rings. The Morgan fingerprint density at radius 2 is 1.80 bits per heavy atom. The summed E-state index contributed by atoms with van der Waals surface area (Å²) < 4.78 is 10.4. The molecule has 0 bridgehead atoms. The van der Waals surface area contributed by atoms with Crippen LogP contribution in [0.15, 0.2) is 54.6 Å². The van der Waals surface area contributed by atoms with Crippen molar-refractivity contribution >= 4 is 29.3 Å². The predicted octanol–water partition coefficient (Wildman–Crippen LogP) is 2.91. The lowest BCUT2D eigenvalue weighted by Crippen LogP contribution is -2.37. The van der Waals surface area contributed by atoms with E-state index < -0.39 is 0 Å². The van der Waals surface area contributed by atoms with Gasteiger partial charge in [-0.05, 0) is 41.6 Å². The van der Waals surface area contributed by atoms with Crippen molar-refractivity contribution in [2.24, 2.45) is 0 Å². The Labute approximate surface area is 152 Å². The first-order valence-electron chi connectivity index (χ1n) is 7.65. The molecule has 5 nitrogen and oxygen atoms in total. The van der Waals surface area contributed by atoms with Crippen molar-refractivity contribution in [2.75, 3.05) is 14.2 Å². The zero-order valence-electron chi connectivity index (χ0n) is 14.1. The van der Waals surface area contributed by atoms with Crippen LogP contribution in [0.4, 0.5) is 0 Å². The molecular weight excluding hydrogens is 336 g/mol. The van der Waals surface area contributed by atoms with E-state index in [1.807, 2.05) is 36.4 Å². The molecule has 2 N–H and O–H groups in total. The molecule has 0 fully saturated rings. The van der Waals surface area contributed by atoms with Crippen LogP contribution in [-0.2, 0) is 11.3 Å². The normalized spacial score (nSPS) is 10.3. The first-order valence-corrected chi connectivity index (χ1v) is 8.06. The van der Waals surface area contributed by atoms with Crippen LogP contribution >= 0.6 is 12.2 Å². The van der Waals surface area contributed by atoms with Crippen LogP contribution in [0, 0.1) is 0 Å². The Morgan fingerprint density at radius 1 is 1.08 bits per heavy atom. The van der Waals surface area contributed by atoms with E-state index >= 15 is 0 Å². The van der Waals surface area contributed by atoms with Crippen molar-refractivity contribution in [1.82, 2.24) is 10.6 Å². The lowest BCUT2D eigenvalue weighted by Gasteiger charge is -2.08. The summed E-state index contributed by atoms with van der Waals surface area (Å²) in [6.07, 6.45) is 3.09. The lowest BCUT2D eigenvalue weighted by molar-refractivity contribution is -0.115. The maximum absolute atomic E-state index is 11.9. The second-order valence-corrected chi connectivity index (χ2v) is 5.51. The molecule has 0 aliphatic heterocycles. The Morgan fingerprint density at radius 3 is 2.48 bits per heavy atom. The van der Waals surface area contributed by atoms with E-state index in [4.69, 9.17) is 21.7 Å². The van der Waals surface area contributed by atoms with Crippen LogP contribution in [0.5, 0.6) is 11.5 Å². The fraction of sp³-hybridized carbons (Fsp3) is 0.158. The summed E-state index contributed by atoms with van der Waals surface area (Å²) in [6.45, 7) is 0.555. The van der Waals surface area contributed by atoms with Crippen LogP contribution in [0.1, 0.15) is 11.1 Å². The molecule has 0 aliphatic carbocycles. The van der Waals surface area contributed by atoms with Crippen molar-refractivity contribution in [2.45, 2.75) is 6.54 Å². The SMILES string of the molecule is COc1ccc(C=CC(=O)NC(=S)NCc2ccccc2)cc1OC. The Bertz CT molecular complexity index is 761. The van der Waals surface area contributed by atoms with Crippen LogP contribution in [0.25, 0.3) is 6.08 Å². The summed E-state index contributed by atoms with van der Waals surface area (Å²) in [6, 6.07) is 15.2. The highest BCUT2D eigenvalue weighted by atomic mass is 32.1. The van der Waals surface area contributed by atoms with E-state index in [0.29, 0.717) is 18.0 Å². The van der Waals surface area contributed by atoms with Gasteiger partial charge in [0.1, 0.15) is 0 Å². The number of carbonyl (C=O) groups is 1. The van der Waals surface area contributed by atoms with Gasteiger partial charge in [-0.2, -0.15) is 0 Å². The summed E-state index contributed by atoms with van der Waals surface area (Å²) in [5.41, 5.74) is 1.90. The van der Waals surface area contributed by atoms with Gasteiger partial charge in [0.05, 0.1) is 14.2 Å². The number of rotatable bonds is 6. The molecule has 0 heterocycles. The van der Waals surface area contributed by atoms with Gasteiger partial charge in [-0.25, -0.2) is 0 Å². The molecule has 25 heavy (non-hydrogen) atoms. The number of thiocarbonyl (C=S) groups is 1. The number of nitrogens with one attached hydrogen (secondary N) is 2. The molecule has 0 radical (unpaired) electrons. The third-order valence-electron chi connectivity index (χ3n) is 3.37. The van der Waals surface area contributed by atoms with Crippen molar-refractivity contribution in [1.29, 1.82) is 0 Å². The molecule has 2 aromatic carbocycles. The number of hydrogen-bond acceptors (Lipinski definition) is 4. The van der Waals surface area contributed by atoms with E-state index in [1.165, 1.54) is 6.08 Å². The highest BCUT2D eigenvalue weighted by Gasteiger charge is 2.04. The van der Waals surface area contributed by atoms with Crippen molar-refractivity contribution in [3.63, 3.8) is 0 Å². The summed E-state index contributed by atoms with van der Waals surface area (Å²) in [4.78, 5) is 11.9. The molecule has 2 rings (SSSR count). The van der Waals surface area contributed by atoms with Crippen LogP contribution in [-0.4, -0.2) is 25.2 Å². The van der Waals surface area contributed by atoms with Crippen molar-refractivity contribution in [3.05, 3.63) is 65.7 Å². The second-order valence-electron chi connectivity index (χ2n) is 5.11. The molecular formula is C19H20N2O3S. The molecule has 0 saturated heterocycles. The van der Waals surface area contributed by atoms with Crippen LogP contribution in [0.2, 0.25) is 0 Å². The summed E-state index contributed by atoms with van der Waals surface area (Å²) >= 11 is 5.12. The number of ether oxygens (including phenoxy) is 2. The maximum atomic E-state index is 11.9. The van der Waals surface area contributed by atoms with Gasteiger partial charge in [-0.1, -0.05) is 36.4 Å². The Kier molecular flexibility index (Phi) is 6.98. The lowest BCUT2D eigenvalue weighted by atomic mass is 10.2. The third kappa shape index (κ3) is 5.93. The largest absolute Gasteiger partial charge is 0.493 e. The fourth-order valence-electron chi connectivity index (χ4n) is 2.10. The number of hydrogen-bond donors (Lipinski definition) is 2. The van der Waals surface area contributed by atoms with E-state index in [0.717, 1.165) is 11.1 Å². The molecule has 0 unspecified atom stereocenters. The van der Waals surface area contributed by atoms with Gasteiger partial charge in [-0.15, -0.1) is 0 Å². The highest BCUT2D eigenvalue weighted by Crippen LogP contribution is 2.27. The topological polar surface area (TPSA) is 59.6 Å². The second kappa shape index (κ2) is 9.44. The maximum Gasteiger partial charge on any atom is 0.250 e. The van der Waals surface area contributed by atoms with Crippen LogP contribution in [0.3, 0.4) is 0 Å². The minimum absolute atomic E-state index is 0.283. The molecule has 1 amide bonds. The molecule has 0 aromatic heterocycles. The minimum atomic E-state index is -0.305. The zero-order chi connectivity index (χ0) is 18.1. The average molecular weight is 356 g/mol. The first-order chi connectivity index (χ1) is 12.1. The Balaban J connectivity index is 1.86. The Hall–Kier alpha value is -2.86. The number of methoxy groups -OCH3 is 2. The molecule has 0 saturated carbocycles. The van der Waals surface area contributed by atoms with Crippen molar-refractivity contribution < 1.29 is 14.3 Å². The average Bonchev–Trinajstić information content (AvgIpc) is 2.65. The van der Waals surface area contributed by atoms with Gasteiger partial charge < -0.3 is 14.8 Å².